The van der Waals surface area contributed by atoms with Gasteiger partial charge in [0.2, 0.25) is 0 Å². The van der Waals surface area contributed by atoms with Gasteiger partial charge in [-0.3, -0.25) is 0 Å². The average Bonchev–Trinajstić information content (AvgIpc) is 2.06. The minimum absolute atomic E-state index is 0.151. The maximum atomic E-state index is 12.5. The molecule has 0 aromatic heterocycles. The van der Waals surface area contributed by atoms with Gasteiger partial charge in [-0.25, -0.2) is 4.39 Å². The van der Waals surface area contributed by atoms with E-state index in [1.807, 2.05) is 12.1 Å². The third-order valence-electron chi connectivity index (χ3n) is 2.16. The Bertz CT molecular complexity index is 225. The van der Waals surface area contributed by atoms with Crippen molar-refractivity contribution in [2.24, 2.45) is 0 Å². The summed E-state index contributed by atoms with van der Waals surface area (Å²) < 4.78 is 12.5. The Morgan fingerprint density at radius 3 is 2.33 bits per heavy atom. The largest absolute Gasteiger partial charge is 0.207 e. The molecule has 0 aliphatic heterocycles. The second-order valence-corrected chi connectivity index (χ2v) is 3.24. The monoisotopic (exact) mass is 166 g/mol. The molecule has 0 nitrogen and oxygen atoms in total. The van der Waals surface area contributed by atoms with E-state index in [1.165, 1.54) is 30.5 Å². The Morgan fingerprint density at radius 1 is 1.25 bits per heavy atom. The highest BCUT2D eigenvalue weighted by atomic mass is 19.1. The first-order valence-electron chi connectivity index (χ1n) is 4.49. The van der Waals surface area contributed by atoms with Crippen LogP contribution in [0.5, 0.6) is 0 Å². The first-order chi connectivity index (χ1) is 5.74. The zero-order valence-electron chi connectivity index (χ0n) is 7.68. The van der Waals surface area contributed by atoms with Gasteiger partial charge in [0.05, 0.1) is 0 Å². The van der Waals surface area contributed by atoms with Gasteiger partial charge in [0.25, 0.3) is 0 Å². The number of hydrogen-bond acceptors (Lipinski definition) is 0. The van der Waals surface area contributed by atoms with Crippen LogP contribution in [0.1, 0.15) is 38.2 Å². The highest BCUT2D eigenvalue weighted by molar-refractivity contribution is 5.19. The van der Waals surface area contributed by atoms with E-state index in [1.54, 1.807) is 0 Å². The van der Waals surface area contributed by atoms with Crippen molar-refractivity contribution in [3.63, 3.8) is 0 Å². The summed E-state index contributed by atoms with van der Waals surface area (Å²) in [7, 11) is 0. The Kier molecular flexibility index (Phi) is 3.27. The second kappa shape index (κ2) is 4.24. The fraction of sp³-hybridized carbons (Fsp3) is 0.455. The van der Waals surface area contributed by atoms with Crippen LogP contribution < -0.4 is 0 Å². The van der Waals surface area contributed by atoms with Crippen LogP contribution in [0.2, 0.25) is 0 Å². The lowest BCUT2D eigenvalue weighted by Gasteiger charge is -2.09. The topological polar surface area (TPSA) is 0 Å². The highest BCUT2D eigenvalue weighted by Crippen LogP contribution is 2.20. The van der Waals surface area contributed by atoms with Crippen LogP contribution in [0.3, 0.4) is 0 Å². The maximum Gasteiger partial charge on any atom is 0.123 e. The number of rotatable bonds is 3. The Balaban J connectivity index is 2.68. The summed E-state index contributed by atoms with van der Waals surface area (Å²) in [6.07, 6.45) is 2.35. The third kappa shape index (κ3) is 2.33. The van der Waals surface area contributed by atoms with Gasteiger partial charge in [-0.1, -0.05) is 32.4 Å². The molecular formula is C11H15F. The highest BCUT2D eigenvalue weighted by Gasteiger charge is 2.02. The van der Waals surface area contributed by atoms with Crippen LogP contribution in [-0.4, -0.2) is 0 Å². The molecule has 0 spiro atoms. The van der Waals surface area contributed by atoms with E-state index in [0.29, 0.717) is 5.92 Å². The van der Waals surface area contributed by atoms with E-state index in [2.05, 4.69) is 13.8 Å². The van der Waals surface area contributed by atoms with Crippen LogP contribution in [0.15, 0.2) is 24.3 Å². The summed E-state index contributed by atoms with van der Waals surface area (Å²) in [5, 5.41) is 0. The van der Waals surface area contributed by atoms with Crippen LogP contribution in [0.4, 0.5) is 4.39 Å². The minimum atomic E-state index is -0.151. The van der Waals surface area contributed by atoms with Crippen molar-refractivity contribution >= 4 is 0 Å². The van der Waals surface area contributed by atoms with Crippen LogP contribution >= 0.6 is 0 Å². The fourth-order valence-corrected chi connectivity index (χ4v) is 1.39. The summed E-state index contributed by atoms with van der Waals surface area (Å²) >= 11 is 0. The van der Waals surface area contributed by atoms with Gasteiger partial charge < -0.3 is 0 Å². The molecule has 1 atom stereocenters. The Hall–Kier alpha value is -0.850. The molecule has 1 heteroatoms. The Labute approximate surface area is 73.4 Å². The summed E-state index contributed by atoms with van der Waals surface area (Å²) in [5.41, 5.74) is 1.23. The number of benzene rings is 1. The predicted molar refractivity (Wildman–Crippen MR) is 49.7 cm³/mol. The quantitative estimate of drug-likeness (QED) is 0.641. The molecule has 0 saturated carbocycles. The molecule has 0 heterocycles. The van der Waals surface area contributed by atoms with Gasteiger partial charge in [0.1, 0.15) is 5.82 Å². The van der Waals surface area contributed by atoms with Crippen molar-refractivity contribution in [2.45, 2.75) is 32.6 Å². The van der Waals surface area contributed by atoms with Crippen molar-refractivity contribution in [3.05, 3.63) is 35.6 Å². The molecule has 0 aliphatic rings. The minimum Gasteiger partial charge on any atom is -0.207 e. The van der Waals surface area contributed by atoms with Crippen LogP contribution in [-0.2, 0) is 0 Å². The molecule has 1 rings (SSSR count). The second-order valence-electron chi connectivity index (χ2n) is 3.24. The maximum absolute atomic E-state index is 12.5. The molecule has 1 unspecified atom stereocenters. The van der Waals surface area contributed by atoms with Gasteiger partial charge in [-0.2, -0.15) is 0 Å². The van der Waals surface area contributed by atoms with Gasteiger partial charge in [-0.05, 0) is 30.0 Å². The summed E-state index contributed by atoms with van der Waals surface area (Å²) in [5.74, 6) is 0.401. The average molecular weight is 166 g/mol. The first-order valence-corrected chi connectivity index (χ1v) is 4.49. The standard InChI is InChI=1S/C11H15F/c1-3-4-9(2)10-5-7-11(12)8-6-10/h5-9H,3-4H2,1-2H3. The molecule has 66 valence electrons. The lowest BCUT2D eigenvalue weighted by molar-refractivity contribution is 0.621. The molecular weight excluding hydrogens is 151 g/mol. The Morgan fingerprint density at radius 2 is 1.83 bits per heavy atom. The molecule has 0 aliphatic carbocycles. The molecule has 1 aromatic carbocycles. The molecule has 0 amide bonds. The molecule has 0 N–H and O–H groups in total. The van der Waals surface area contributed by atoms with Gasteiger partial charge in [0.15, 0.2) is 0 Å². The van der Waals surface area contributed by atoms with Crippen LogP contribution in [0.25, 0.3) is 0 Å². The van der Waals surface area contributed by atoms with Crippen LogP contribution in [0, 0.1) is 5.82 Å². The zero-order valence-corrected chi connectivity index (χ0v) is 7.68. The predicted octanol–water partition coefficient (Wildman–Crippen LogP) is 3.73. The van der Waals surface area contributed by atoms with Gasteiger partial charge in [0, 0.05) is 0 Å². The fourth-order valence-electron chi connectivity index (χ4n) is 1.39. The summed E-state index contributed by atoms with van der Waals surface area (Å²) in [4.78, 5) is 0. The first kappa shape index (κ1) is 9.24. The van der Waals surface area contributed by atoms with Crippen molar-refractivity contribution in [1.82, 2.24) is 0 Å². The van der Waals surface area contributed by atoms with E-state index in [-0.39, 0.29) is 5.82 Å². The summed E-state index contributed by atoms with van der Waals surface area (Å²) in [6, 6.07) is 6.80. The van der Waals surface area contributed by atoms with E-state index in [0.717, 1.165) is 0 Å². The molecule has 0 radical (unpaired) electrons. The van der Waals surface area contributed by atoms with E-state index in [9.17, 15) is 4.39 Å². The number of halogens is 1. The normalized spacial score (nSPS) is 12.9. The van der Waals surface area contributed by atoms with Crippen molar-refractivity contribution in [3.8, 4) is 0 Å². The van der Waals surface area contributed by atoms with Crippen molar-refractivity contribution in [1.29, 1.82) is 0 Å². The molecule has 0 bridgehead atoms. The molecule has 12 heavy (non-hydrogen) atoms. The van der Waals surface area contributed by atoms with E-state index < -0.39 is 0 Å². The zero-order chi connectivity index (χ0) is 8.97. The SMILES string of the molecule is CCCC(C)c1ccc(F)cc1. The van der Waals surface area contributed by atoms with Crippen molar-refractivity contribution in [2.75, 3.05) is 0 Å². The third-order valence-corrected chi connectivity index (χ3v) is 2.16. The summed E-state index contributed by atoms with van der Waals surface area (Å²) in [6.45, 7) is 4.34. The molecule has 1 aromatic rings. The van der Waals surface area contributed by atoms with Gasteiger partial charge in [-0.15, -0.1) is 0 Å². The molecule has 0 saturated heterocycles. The lowest BCUT2D eigenvalue weighted by Crippen LogP contribution is -1.92. The number of hydrogen-bond donors (Lipinski definition) is 0. The smallest absolute Gasteiger partial charge is 0.123 e. The van der Waals surface area contributed by atoms with E-state index in [4.69, 9.17) is 0 Å². The van der Waals surface area contributed by atoms with E-state index >= 15 is 0 Å². The van der Waals surface area contributed by atoms with Crippen molar-refractivity contribution < 1.29 is 4.39 Å². The molecule has 0 fully saturated rings. The lowest BCUT2D eigenvalue weighted by atomic mass is 9.97. The van der Waals surface area contributed by atoms with Gasteiger partial charge >= 0.3 is 0 Å².